The highest BCUT2D eigenvalue weighted by Crippen LogP contribution is 2.06. The Bertz CT molecular complexity index is 280. The Morgan fingerprint density at radius 2 is 2.00 bits per heavy atom. The van der Waals surface area contributed by atoms with Crippen molar-refractivity contribution in [3.63, 3.8) is 0 Å². The van der Waals surface area contributed by atoms with Crippen molar-refractivity contribution in [3.05, 3.63) is 17.2 Å². The van der Waals surface area contributed by atoms with Gasteiger partial charge in [0, 0.05) is 31.9 Å². The second-order valence-electron chi connectivity index (χ2n) is 3.92. The Labute approximate surface area is 84.7 Å². The Kier molecular flexibility index (Phi) is 2.84. The summed E-state index contributed by atoms with van der Waals surface area (Å²) in [6.07, 6.45) is 0. The molecule has 4 nitrogen and oxygen atoms in total. The maximum atomic E-state index is 4.49. The van der Waals surface area contributed by atoms with Crippen LogP contribution >= 0.6 is 0 Å². The summed E-state index contributed by atoms with van der Waals surface area (Å²) in [5.74, 6) is 1.10. The van der Waals surface area contributed by atoms with Gasteiger partial charge in [-0.25, -0.2) is 4.98 Å². The fraction of sp³-hybridized carbons (Fsp3) is 0.700. The molecule has 14 heavy (non-hydrogen) atoms. The largest absolute Gasteiger partial charge is 0.345 e. The van der Waals surface area contributed by atoms with Gasteiger partial charge in [0.25, 0.3) is 0 Å². The molecule has 0 amide bonds. The average molecular weight is 194 g/mol. The summed E-state index contributed by atoms with van der Waals surface area (Å²) in [5, 5.41) is 3.34. The first-order chi connectivity index (χ1) is 6.75. The maximum Gasteiger partial charge on any atom is 0.120 e. The van der Waals surface area contributed by atoms with Crippen LogP contribution in [0.2, 0.25) is 0 Å². The van der Waals surface area contributed by atoms with Gasteiger partial charge in [-0.1, -0.05) is 0 Å². The summed E-state index contributed by atoms with van der Waals surface area (Å²) >= 11 is 0. The number of H-pyrrole nitrogens is 1. The Morgan fingerprint density at radius 3 is 2.57 bits per heavy atom. The molecular formula is C10H18N4. The van der Waals surface area contributed by atoms with Gasteiger partial charge in [0.15, 0.2) is 0 Å². The van der Waals surface area contributed by atoms with Crippen LogP contribution in [0.1, 0.15) is 17.2 Å². The van der Waals surface area contributed by atoms with Crippen molar-refractivity contribution >= 4 is 0 Å². The van der Waals surface area contributed by atoms with E-state index in [0.29, 0.717) is 0 Å². The van der Waals surface area contributed by atoms with E-state index in [1.165, 1.54) is 5.69 Å². The van der Waals surface area contributed by atoms with E-state index in [4.69, 9.17) is 0 Å². The van der Waals surface area contributed by atoms with Crippen molar-refractivity contribution < 1.29 is 0 Å². The molecule has 1 aliphatic heterocycles. The molecule has 0 saturated carbocycles. The van der Waals surface area contributed by atoms with Crippen molar-refractivity contribution in [2.24, 2.45) is 0 Å². The van der Waals surface area contributed by atoms with Crippen molar-refractivity contribution in [2.45, 2.75) is 20.4 Å². The van der Waals surface area contributed by atoms with Gasteiger partial charge < -0.3 is 10.3 Å². The van der Waals surface area contributed by atoms with Crippen LogP contribution < -0.4 is 5.32 Å². The van der Waals surface area contributed by atoms with E-state index in [-0.39, 0.29) is 0 Å². The van der Waals surface area contributed by atoms with E-state index in [1.807, 2.05) is 6.92 Å². The van der Waals surface area contributed by atoms with E-state index in [1.54, 1.807) is 0 Å². The SMILES string of the molecule is Cc1nc(CN2CCNCC2)[nH]c1C. The van der Waals surface area contributed by atoms with Gasteiger partial charge >= 0.3 is 0 Å². The van der Waals surface area contributed by atoms with Crippen LogP contribution in [-0.4, -0.2) is 41.0 Å². The molecule has 78 valence electrons. The predicted octanol–water partition coefficient (Wildman–Crippen LogP) is 0.432. The minimum Gasteiger partial charge on any atom is -0.345 e. The summed E-state index contributed by atoms with van der Waals surface area (Å²) in [6.45, 7) is 9.52. The zero-order valence-electron chi connectivity index (χ0n) is 8.93. The molecule has 0 radical (unpaired) electrons. The van der Waals surface area contributed by atoms with E-state index < -0.39 is 0 Å². The number of aryl methyl sites for hydroxylation is 2. The lowest BCUT2D eigenvalue weighted by atomic mass is 10.3. The third kappa shape index (κ3) is 2.13. The summed E-state index contributed by atoms with van der Waals surface area (Å²) in [6, 6.07) is 0. The fourth-order valence-corrected chi connectivity index (χ4v) is 1.78. The molecular weight excluding hydrogens is 176 g/mol. The molecule has 1 aromatic heterocycles. The number of piperazine rings is 1. The van der Waals surface area contributed by atoms with E-state index in [2.05, 4.69) is 27.1 Å². The molecule has 1 saturated heterocycles. The fourth-order valence-electron chi connectivity index (χ4n) is 1.78. The van der Waals surface area contributed by atoms with Crippen molar-refractivity contribution in [2.75, 3.05) is 26.2 Å². The monoisotopic (exact) mass is 194 g/mol. The number of hydrogen-bond donors (Lipinski definition) is 2. The second-order valence-corrected chi connectivity index (χ2v) is 3.92. The van der Waals surface area contributed by atoms with Gasteiger partial charge in [-0.05, 0) is 13.8 Å². The lowest BCUT2D eigenvalue weighted by Gasteiger charge is -2.26. The van der Waals surface area contributed by atoms with Crippen LogP contribution in [-0.2, 0) is 6.54 Å². The smallest absolute Gasteiger partial charge is 0.120 e. The van der Waals surface area contributed by atoms with E-state index in [9.17, 15) is 0 Å². The number of imidazole rings is 1. The van der Waals surface area contributed by atoms with Crippen LogP contribution in [0.3, 0.4) is 0 Å². The van der Waals surface area contributed by atoms with Gasteiger partial charge in [-0.2, -0.15) is 0 Å². The number of nitrogens with zero attached hydrogens (tertiary/aromatic N) is 2. The maximum absolute atomic E-state index is 4.49. The molecule has 4 heteroatoms. The van der Waals surface area contributed by atoms with Gasteiger partial charge in [-0.3, -0.25) is 4.90 Å². The molecule has 1 aliphatic rings. The summed E-state index contributed by atoms with van der Waals surface area (Å²) in [7, 11) is 0. The molecule has 2 heterocycles. The minimum absolute atomic E-state index is 0.955. The molecule has 0 atom stereocenters. The molecule has 1 fully saturated rings. The highest BCUT2D eigenvalue weighted by atomic mass is 15.2. The zero-order chi connectivity index (χ0) is 9.97. The number of hydrogen-bond acceptors (Lipinski definition) is 3. The third-order valence-electron chi connectivity index (χ3n) is 2.76. The Morgan fingerprint density at radius 1 is 1.29 bits per heavy atom. The molecule has 0 aliphatic carbocycles. The molecule has 2 rings (SSSR count). The predicted molar refractivity (Wildman–Crippen MR) is 56.2 cm³/mol. The molecule has 0 bridgehead atoms. The van der Waals surface area contributed by atoms with Crippen molar-refractivity contribution in [1.29, 1.82) is 0 Å². The van der Waals surface area contributed by atoms with Gasteiger partial charge in [0.1, 0.15) is 5.82 Å². The number of aromatic nitrogens is 2. The van der Waals surface area contributed by atoms with E-state index >= 15 is 0 Å². The first kappa shape index (κ1) is 9.68. The first-order valence-electron chi connectivity index (χ1n) is 5.21. The lowest BCUT2D eigenvalue weighted by Crippen LogP contribution is -2.43. The Balaban J connectivity index is 1.95. The Hall–Kier alpha value is -0.870. The molecule has 0 unspecified atom stereocenters. The highest BCUT2D eigenvalue weighted by Gasteiger charge is 2.11. The number of aromatic amines is 1. The standard InChI is InChI=1S/C10H18N4/c1-8-9(2)13-10(12-8)7-14-5-3-11-4-6-14/h11H,3-7H2,1-2H3,(H,12,13). The molecule has 0 aromatic carbocycles. The van der Waals surface area contributed by atoms with Gasteiger partial charge in [0.05, 0.1) is 12.2 Å². The number of rotatable bonds is 2. The zero-order valence-corrected chi connectivity index (χ0v) is 8.93. The van der Waals surface area contributed by atoms with Gasteiger partial charge in [-0.15, -0.1) is 0 Å². The third-order valence-corrected chi connectivity index (χ3v) is 2.76. The van der Waals surface area contributed by atoms with Crippen LogP contribution in [0, 0.1) is 13.8 Å². The van der Waals surface area contributed by atoms with Crippen LogP contribution in [0.25, 0.3) is 0 Å². The normalized spacial score (nSPS) is 18.7. The van der Waals surface area contributed by atoms with E-state index in [0.717, 1.165) is 44.2 Å². The van der Waals surface area contributed by atoms with Crippen LogP contribution in [0.15, 0.2) is 0 Å². The summed E-state index contributed by atoms with van der Waals surface area (Å²) in [4.78, 5) is 10.2. The van der Waals surface area contributed by atoms with Crippen LogP contribution in [0.4, 0.5) is 0 Å². The minimum atomic E-state index is 0.955. The highest BCUT2D eigenvalue weighted by molar-refractivity contribution is 5.10. The molecule has 0 spiro atoms. The summed E-state index contributed by atoms with van der Waals surface area (Å²) < 4.78 is 0. The molecule has 1 aromatic rings. The topological polar surface area (TPSA) is 44.0 Å². The van der Waals surface area contributed by atoms with Crippen molar-refractivity contribution in [3.8, 4) is 0 Å². The molecule has 2 N–H and O–H groups in total. The average Bonchev–Trinajstić information content (AvgIpc) is 2.47. The second kappa shape index (κ2) is 4.11. The summed E-state index contributed by atoms with van der Waals surface area (Å²) in [5.41, 5.74) is 2.31. The number of nitrogens with one attached hydrogen (secondary N) is 2. The van der Waals surface area contributed by atoms with Gasteiger partial charge in [0.2, 0.25) is 0 Å². The quantitative estimate of drug-likeness (QED) is 0.717. The first-order valence-corrected chi connectivity index (χ1v) is 5.21. The van der Waals surface area contributed by atoms with Crippen molar-refractivity contribution in [1.82, 2.24) is 20.2 Å². The lowest BCUT2D eigenvalue weighted by molar-refractivity contribution is 0.228. The van der Waals surface area contributed by atoms with Crippen LogP contribution in [0.5, 0.6) is 0 Å².